The summed E-state index contributed by atoms with van der Waals surface area (Å²) in [6.07, 6.45) is 0.694. The zero-order valence-electron chi connectivity index (χ0n) is 15.1. The van der Waals surface area contributed by atoms with E-state index in [0.29, 0.717) is 41.9 Å². The van der Waals surface area contributed by atoms with Crippen molar-refractivity contribution in [3.05, 3.63) is 47.3 Å². The van der Waals surface area contributed by atoms with Crippen LogP contribution in [0.4, 0.5) is 10.5 Å². The monoisotopic (exact) mass is 342 g/mol. The van der Waals surface area contributed by atoms with Crippen molar-refractivity contribution in [1.82, 2.24) is 15.4 Å². The van der Waals surface area contributed by atoms with Gasteiger partial charge in [-0.2, -0.15) is 0 Å². The molecule has 134 valence electrons. The van der Waals surface area contributed by atoms with E-state index in [4.69, 9.17) is 4.52 Å². The lowest BCUT2D eigenvalue weighted by atomic mass is 9.89. The van der Waals surface area contributed by atoms with Crippen LogP contribution in [-0.4, -0.2) is 42.8 Å². The molecule has 1 aliphatic rings. The number of likely N-dealkylation sites (N-methyl/N-ethyl adjacent to an activating group) is 1. The first-order valence-electron chi connectivity index (χ1n) is 8.82. The standard InChI is InChI=1S/C19H26N4O2/c1-4-17-18(13(2)22-25-17)21-19(24)20-10-15-11-23(3)12-16(15)14-8-6-5-7-9-14/h5-9,15-16H,4,10-12H2,1-3H3,(H2,20,21,24)/t15-,16+/m1/s1. The lowest BCUT2D eigenvalue weighted by molar-refractivity contribution is 0.249. The largest absolute Gasteiger partial charge is 0.359 e. The molecule has 0 unspecified atom stereocenters. The van der Waals surface area contributed by atoms with Crippen molar-refractivity contribution in [2.75, 3.05) is 32.0 Å². The SMILES string of the molecule is CCc1onc(C)c1NC(=O)NC[C@@H]1CN(C)C[C@H]1c1ccccc1. The van der Waals surface area contributed by atoms with Gasteiger partial charge in [0.1, 0.15) is 11.4 Å². The van der Waals surface area contributed by atoms with E-state index in [1.165, 1.54) is 5.56 Å². The summed E-state index contributed by atoms with van der Waals surface area (Å²) in [6, 6.07) is 10.3. The van der Waals surface area contributed by atoms with Crippen LogP contribution in [0.25, 0.3) is 0 Å². The van der Waals surface area contributed by atoms with Gasteiger partial charge in [-0.05, 0) is 25.5 Å². The number of likely N-dealkylation sites (tertiary alicyclic amines) is 1. The number of aromatic nitrogens is 1. The fraction of sp³-hybridized carbons (Fsp3) is 0.474. The fourth-order valence-electron chi connectivity index (χ4n) is 3.57. The van der Waals surface area contributed by atoms with Gasteiger partial charge in [0.05, 0.1) is 0 Å². The molecule has 0 spiro atoms. The topological polar surface area (TPSA) is 70.4 Å². The number of amides is 2. The number of urea groups is 1. The zero-order valence-corrected chi connectivity index (χ0v) is 15.1. The van der Waals surface area contributed by atoms with Crippen LogP contribution in [0.3, 0.4) is 0 Å². The Morgan fingerprint density at radius 3 is 2.80 bits per heavy atom. The van der Waals surface area contributed by atoms with E-state index in [2.05, 4.69) is 52.0 Å². The molecular weight excluding hydrogens is 316 g/mol. The van der Waals surface area contributed by atoms with Crippen molar-refractivity contribution in [3.8, 4) is 0 Å². The Bertz CT molecular complexity index is 713. The lowest BCUT2D eigenvalue weighted by Crippen LogP contribution is -2.35. The summed E-state index contributed by atoms with van der Waals surface area (Å²) >= 11 is 0. The van der Waals surface area contributed by atoms with Gasteiger partial charge in [-0.15, -0.1) is 0 Å². The molecule has 25 heavy (non-hydrogen) atoms. The van der Waals surface area contributed by atoms with Crippen molar-refractivity contribution in [1.29, 1.82) is 0 Å². The van der Waals surface area contributed by atoms with Crippen LogP contribution in [-0.2, 0) is 6.42 Å². The number of rotatable bonds is 5. The van der Waals surface area contributed by atoms with Gasteiger partial charge in [-0.1, -0.05) is 42.4 Å². The number of benzene rings is 1. The second kappa shape index (κ2) is 7.70. The maximum absolute atomic E-state index is 12.3. The first kappa shape index (κ1) is 17.5. The third-order valence-corrected chi connectivity index (χ3v) is 4.87. The summed E-state index contributed by atoms with van der Waals surface area (Å²) in [5.74, 6) is 1.54. The molecular formula is C19H26N4O2. The van der Waals surface area contributed by atoms with Crippen LogP contribution >= 0.6 is 0 Å². The summed E-state index contributed by atoms with van der Waals surface area (Å²) in [5.41, 5.74) is 2.72. The molecule has 0 saturated carbocycles. The molecule has 2 atom stereocenters. The summed E-state index contributed by atoms with van der Waals surface area (Å²) in [6.45, 7) is 6.44. The van der Waals surface area contributed by atoms with Gasteiger partial charge in [0.25, 0.3) is 0 Å². The molecule has 0 radical (unpaired) electrons. The molecule has 1 aromatic heterocycles. The Morgan fingerprint density at radius 2 is 2.08 bits per heavy atom. The molecule has 2 heterocycles. The molecule has 1 aliphatic heterocycles. The quantitative estimate of drug-likeness (QED) is 0.876. The molecule has 2 N–H and O–H groups in total. The normalized spacial score (nSPS) is 20.6. The summed E-state index contributed by atoms with van der Waals surface area (Å²) in [4.78, 5) is 14.6. The minimum Gasteiger partial charge on any atom is -0.359 e. The molecule has 1 aromatic carbocycles. The summed E-state index contributed by atoms with van der Waals surface area (Å²) in [5, 5.41) is 9.81. The van der Waals surface area contributed by atoms with Crippen LogP contribution in [0.15, 0.2) is 34.9 Å². The molecule has 6 nitrogen and oxygen atoms in total. The van der Waals surface area contributed by atoms with Crippen molar-refractivity contribution in [3.63, 3.8) is 0 Å². The number of carbonyl (C=O) groups excluding carboxylic acids is 1. The molecule has 0 aliphatic carbocycles. The summed E-state index contributed by atoms with van der Waals surface area (Å²) < 4.78 is 5.21. The molecule has 3 rings (SSSR count). The Labute approximate surface area is 148 Å². The fourth-order valence-corrected chi connectivity index (χ4v) is 3.57. The highest BCUT2D eigenvalue weighted by Crippen LogP contribution is 2.31. The predicted molar refractivity (Wildman–Crippen MR) is 97.8 cm³/mol. The van der Waals surface area contributed by atoms with Crippen molar-refractivity contribution in [2.45, 2.75) is 26.2 Å². The van der Waals surface area contributed by atoms with Gasteiger partial charge in [0.15, 0.2) is 5.76 Å². The first-order chi connectivity index (χ1) is 12.1. The van der Waals surface area contributed by atoms with E-state index >= 15 is 0 Å². The molecule has 0 bridgehead atoms. The van der Waals surface area contributed by atoms with Crippen LogP contribution in [0.1, 0.15) is 29.9 Å². The number of nitrogens with zero attached hydrogens (tertiary/aromatic N) is 2. The van der Waals surface area contributed by atoms with Crippen LogP contribution in [0.2, 0.25) is 0 Å². The molecule has 6 heteroatoms. The Hall–Kier alpha value is -2.34. The maximum Gasteiger partial charge on any atom is 0.319 e. The van der Waals surface area contributed by atoms with Crippen LogP contribution in [0, 0.1) is 12.8 Å². The first-order valence-corrected chi connectivity index (χ1v) is 8.82. The van der Waals surface area contributed by atoms with Gasteiger partial charge in [0, 0.05) is 32.0 Å². The number of nitrogens with one attached hydrogen (secondary N) is 2. The maximum atomic E-state index is 12.3. The highest BCUT2D eigenvalue weighted by Gasteiger charge is 2.32. The number of carbonyl (C=O) groups is 1. The molecule has 1 saturated heterocycles. The minimum atomic E-state index is -0.206. The van der Waals surface area contributed by atoms with E-state index in [1.54, 1.807) is 0 Å². The average Bonchev–Trinajstić information content (AvgIpc) is 3.17. The van der Waals surface area contributed by atoms with Gasteiger partial charge < -0.3 is 20.1 Å². The van der Waals surface area contributed by atoms with Crippen molar-refractivity contribution >= 4 is 11.7 Å². The van der Waals surface area contributed by atoms with E-state index in [1.807, 2.05) is 19.9 Å². The van der Waals surface area contributed by atoms with E-state index in [9.17, 15) is 4.79 Å². The predicted octanol–water partition coefficient (Wildman–Crippen LogP) is 3.01. The smallest absolute Gasteiger partial charge is 0.319 e. The summed E-state index contributed by atoms with van der Waals surface area (Å²) in [7, 11) is 2.13. The van der Waals surface area contributed by atoms with Crippen molar-refractivity contribution < 1.29 is 9.32 Å². The third-order valence-electron chi connectivity index (χ3n) is 4.87. The minimum absolute atomic E-state index is 0.206. The van der Waals surface area contributed by atoms with Gasteiger partial charge in [-0.3, -0.25) is 0 Å². The van der Waals surface area contributed by atoms with Gasteiger partial charge in [0.2, 0.25) is 0 Å². The Balaban J connectivity index is 1.60. The lowest BCUT2D eigenvalue weighted by Gasteiger charge is -2.19. The van der Waals surface area contributed by atoms with Gasteiger partial charge in [-0.25, -0.2) is 4.79 Å². The highest BCUT2D eigenvalue weighted by molar-refractivity contribution is 5.90. The highest BCUT2D eigenvalue weighted by atomic mass is 16.5. The Morgan fingerprint density at radius 1 is 1.32 bits per heavy atom. The zero-order chi connectivity index (χ0) is 17.8. The molecule has 2 aromatic rings. The van der Waals surface area contributed by atoms with Crippen LogP contribution < -0.4 is 10.6 Å². The average molecular weight is 342 g/mol. The molecule has 1 fully saturated rings. The number of hydrogen-bond donors (Lipinski definition) is 2. The second-order valence-corrected chi connectivity index (χ2v) is 6.75. The van der Waals surface area contributed by atoms with Crippen LogP contribution in [0.5, 0.6) is 0 Å². The third kappa shape index (κ3) is 4.02. The number of anilines is 1. The number of hydrogen-bond acceptors (Lipinski definition) is 4. The van der Waals surface area contributed by atoms with E-state index in [0.717, 1.165) is 13.1 Å². The Kier molecular flexibility index (Phi) is 5.38. The number of aryl methyl sites for hydroxylation is 2. The molecule has 2 amide bonds. The van der Waals surface area contributed by atoms with Crippen molar-refractivity contribution in [2.24, 2.45) is 5.92 Å². The van der Waals surface area contributed by atoms with E-state index < -0.39 is 0 Å². The van der Waals surface area contributed by atoms with Gasteiger partial charge >= 0.3 is 6.03 Å². The van der Waals surface area contributed by atoms with E-state index in [-0.39, 0.29) is 6.03 Å². The second-order valence-electron chi connectivity index (χ2n) is 6.75.